The van der Waals surface area contributed by atoms with E-state index in [9.17, 15) is 4.79 Å². The number of thioether (sulfide) groups is 1. The van der Waals surface area contributed by atoms with E-state index in [0.717, 1.165) is 26.1 Å². The summed E-state index contributed by atoms with van der Waals surface area (Å²) in [6.07, 6.45) is 0.892. The number of nitrogens with zero attached hydrogens (tertiary/aromatic N) is 5. The molecule has 0 aliphatic carbocycles. The molecule has 0 aliphatic rings. The lowest BCUT2D eigenvalue weighted by molar-refractivity contribution is 0.290. The highest BCUT2D eigenvalue weighted by Gasteiger charge is 2.19. The van der Waals surface area contributed by atoms with E-state index in [1.54, 1.807) is 11.5 Å². The van der Waals surface area contributed by atoms with Gasteiger partial charge in [-0.2, -0.15) is 4.98 Å². The molecule has 0 unspecified atom stereocenters. The summed E-state index contributed by atoms with van der Waals surface area (Å²) in [6, 6.07) is 7.49. The monoisotopic (exact) mass is 401 g/mol. The smallest absolute Gasteiger partial charge is 0.262 e. The van der Waals surface area contributed by atoms with E-state index in [2.05, 4.69) is 28.9 Å². The Labute approximate surface area is 169 Å². The van der Waals surface area contributed by atoms with Crippen LogP contribution in [0.3, 0.4) is 0 Å². The summed E-state index contributed by atoms with van der Waals surface area (Å²) in [7, 11) is 0. The summed E-state index contributed by atoms with van der Waals surface area (Å²) in [4.78, 5) is 24.6. The Kier molecular flexibility index (Phi) is 6.85. The molecule has 3 rings (SSSR count). The zero-order valence-electron chi connectivity index (χ0n) is 16.9. The largest absolute Gasteiger partial charge is 0.338 e. The van der Waals surface area contributed by atoms with Gasteiger partial charge in [-0.3, -0.25) is 9.36 Å². The number of aryl methyl sites for hydroxylation is 1. The molecule has 0 fully saturated rings. The van der Waals surface area contributed by atoms with Gasteiger partial charge in [0, 0.05) is 6.54 Å². The summed E-state index contributed by atoms with van der Waals surface area (Å²) < 4.78 is 7.08. The standard InChI is InChI=1S/C20H27N5O2S/c1-5-24(6-2)12-9-13-25-19(26)16-10-7-8-11-17(16)22-20(25)28-14(3)18-21-15(4)23-27-18/h7-8,10-11,14H,5-6,9,12-13H2,1-4H3/t14-/m0/s1. The molecule has 0 saturated carbocycles. The van der Waals surface area contributed by atoms with Gasteiger partial charge in [0.25, 0.3) is 5.56 Å². The molecule has 0 saturated heterocycles. The summed E-state index contributed by atoms with van der Waals surface area (Å²) in [6.45, 7) is 11.7. The zero-order chi connectivity index (χ0) is 20.1. The number of hydrogen-bond acceptors (Lipinski definition) is 7. The van der Waals surface area contributed by atoms with Crippen molar-refractivity contribution in [1.82, 2.24) is 24.6 Å². The molecule has 0 amide bonds. The molecule has 2 aromatic heterocycles. The van der Waals surface area contributed by atoms with E-state index in [1.165, 1.54) is 11.8 Å². The quantitative estimate of drug-likeness (QED) is 0.400. The lowest BCUT2D eigenvalue weighted by Gasteiger charge is -2.19. The number of rotatable bonds is 9. The maximum Gasteiger partial charge on any atom is 0.262 e. The fraction of sp³-hybridized carbons (Fsp3) is 0.500. The van der Waals surface area contributed by atoms with Gasteiger partial charge in [-0.1, -0.05) is 42.9 Å². The fourth-order valence-electron chi connectivity index (χ4n) is 3.11. The van der Waals surface area contributed by atoms with Crippen LogP contribution in [0.1, 0.15) is 44.2 Å². The van der Waals surface area contributed by atoms with Crippen molar-refractivity contribution in [2.24, 2.45) is 0 Å². The van der Waals surface area contributed by atoms with Gasteiger partial charge in [-0.15, -0.1) is 0 Å². The maximum absolute atomic E-state index is 13.1. The highest BCUT2D eigenvalue weighted by Crippen LogP contribution is 2.33. The number of hydrogen-bond donors (Lipinski definition) is 0. The Morgan fingerprint density at radius 1 is 1.21 bits per heavy atom. The topological polar surface area (TPSA) is 77.1 Å². The van der Waals surface area contributed by atoms with Crippen LogP contribution in [0.4, 0.5) is 0 Å². The normalized spacial score (nSPS) is 12.8. The molecule has 1 aromatic carbocycles. The summed E-state index contributed by atoms with van der Waals surface area (Å²) in [5, 5.41) is 5.10. The van der Waals surface area contributed by atoms with Gasteiger partial charge in [0.15, 0.2) is 11.0 Å². The van der Waals surface area contributed by atoms with Crippen molar-refractivity contribution in [3.63, 3.8) is 0 Å². The van der Waals surface area contributed by atoms with Crippen LogP contribution in [0.5, 0.6) is 0 Å². The first kappa shape index (κ1) is 20.5. The van der Waals surface area contributed by atoms with Crippen LogP contribution >= 0.6 is 11.8 Å². The predicted octanol–water partition coefficient (Wildman–Crippen LogP) is 3.67. The van der Waals surface area contributed by atoms with Crippen molar-refractivity contribution in [2.45, 2.75) is 51.1 Å². The van der Waals surface area contributed by atoms with Crippen molar-refractivity contribution in [3.8, 4) is 0 Å². The van der Waals surface area contributed by atoms with Crippen LogP contribution in [0.15, 0.2) is 38.7 Å². The Morgan fingerprint density at radius 3 is 2.64 bits per heavy atom. The Bertz CT molecular complexity index is 980. The number of fused-ring (bicyclic) bond motifs is 1. The second-order valence-corrected chi connectivity index (χ2v) is 8.00. The third-order valence-electron chi connectivity index (χ3n) is 4.75. The second kappa shape index (κ2) is 9.34. The SMILES string of the molecule is CCN(CC)CCCn1c(S[C@@H](C)c2nc(C)no2)nc2ccccc2c1=O. The predicted molar refractivity (Wildman–Crippen MR) is 112 cm³/mol. The number of para-hydroxylation sites is 1. The summed E-state index contributed by atoms with van der Waals surface area (Å²) >= 11 is 1.48. The van der Waals surface area contributed by atoms with Crippen molar-refractivity contribution >= 4 is 22.7 Å². The lowest BCUT2D eigenvalue weighted by atomic mass is 10.2. The number of benzene rings is 1. The summed E-state index contributed by atoms with van der Waals surface area (Å²) in [5.41, 5.74) is 0.713. The molecular weight excluding hydrogens is 374 g/mol. The first-order chi connectivity index (χ1) is 13.5. The van der Waals surface area contributed by atoms with E-state index in [0.29, 0.717) is 34.3 Å². The minimum Gasteiger partial charge on any atom is -0.338 e. The molecule has 0 bridgehead atoms. The number of aromatic nitrogens is 4. The van der Waals surface area contributed by atoms with E-state index in [1.807, 2.05) is 31.2 Å². The third-order valence-corrected chi connectivity index (χ3v) is 5.83. The molecule has 7 nitrogen and oxygen atoms in total. The van der Waals surface area contributed by atoms with Crippen molar-refractivity contribution in [1.29, 1.82) is 0 Å². The molecular formula is C20H27N5O2S. The van der Waals surface area contributed by atoms with E-state index in [-0.39, 0.29) is 10.8 Å². The molecule has 8 heteroatoms. The second-order valence-electron chi connectivity index (χ2n) is 6.69. The van der Waals surface area contributed by atoms with Gasteiger partial charge in [0.1, 0.15) is 0 Å². The van der Waals surface area contributed by atoms with E-state index in [4.69, 9.17) is 9.51 Å². The molecule has 1 atom stereocenters. The Balaban J connectivity index is 1.91. The first-order valence-electron chi connectivity index (χ1n) is 9.72. The van der Waals surface area contributed by atoms with Crippen LogP contribution in [0, 0.1) is 6.92 Å². The minimum atomic E-state index is -0.0942. The van der Waals surface area contributed by atoms with E-state index >= 15 is 0 Å². The Morgan fingerprint density at radius 2 is 1.96 bits per heavy atom. The van der Waals surface area contributed by atoms with Gasteiger partial charge >= 0.3 is 0 Å². The van der Waals surface area contributed by atoms with Crippen LogP contribution in [-0.4, -0.2) is 44.2 Å². The highest BCUT2D eigenvalue weighted by atomic mass is 32.2. The molecule has 3 aromatic rings. The van der Waals surface area contributed by atoms with Crippen molar-refractivity contribution < 1.29 is 4.52 Å². The van der Waals surface area contributed by atoms with Gasteiger partial charge in [-0.25, -0.2) is 4.98 Å². The average Bonchev–Trinajstić information content (AvgIpc) is 3.14. The van der Waals surface area contributed by atoms with Crippen LogP contribution in [-0.2, 0) is 6.54 Å². The molecule has 0 spiro atoms. The maximum atomic E-state index is 13.1. The molecule has 150 valence electrons. The van der Waals surface area contributed by atoms with Gasteiger partial charge in [0.05, 0.1) is 16.2 Å². The molecule has 2 heterocycles. The van der Waals surface area contributed by atoms with E-state index < -0.39 is 0 Å². The molecule has 0 N–H and O–H groups in total. The molecule has 28 heavy (non-hydrogen) atoms. The van der Waals surface area contributed by atoms with Crippen LogP contribution in [0.25, 0.3) is 10.9 Å². The first-order valence-corrected chi connectivity index (χ1v) is 10.6. The van der Waals surface area contributed by atoms with Gasteiger partial charge in [0.2, 0.25) is 5.89 Å². The highest BCUT2D eigenvalue weighted by molar-refractivity contribution is 7.99. The fourth-order valence-corrected chi connectivity index (χ4v) is 4.08. The molecule has 0 radical (unpaired) electrons. The lowest BCUT2D eigenvalue weighted by Crippen LogP contribution is -2.28. The van der Waals surface area contributed by atoms with Crippen molar-refractivity contribution in [3.05, 3.63) is 46.3 Å². The minimum absolute atomic E-state index is 0.00144. The third kappa shape index (κ3) is 4.62. The molecule has 0 aliphatic heterocycles. The van der Waals surface area contributed by atoms with Crippen LogP contribution < -0.4 is 5.56 Å². The zero-order valence-corrected chi connectivity index (χ0v) is 17.7. The van der Waals surface area contributed by atoms with Gasteiger partial charge < -0.3 is 9.42 Å². The van der Waals surface area contributed by atoms with Crippen molar-refractivity contribution in [2.75, 3.05) is 19.6 Å². The summed E-state index contributed by atoms with van der Waals surface area (Å²) in [5.74, 6) is 1.14. The van der Waals surface area contributed by atoms with Crippen LogP contribution in [0.2, 0.25) is 0 Å². The van der Waals surface area contributed by atoms with Gasteiger partial charge in [-0.05, 0) is 52.0 Å². The Hall–Kier alpha value is -2.19. The average molecular weight is 402 g/mol.